The van der Waals surface area contributed by atoms with Crippen molar-refractivity contribution in [2.45, 2.75) is 38.8 Å². The van der Waals surface area contributed by atoms with Crippen LogP contribution in [0, 0.1) is 5.92 Å². The Morgan fingerprint density at radius 1 is 1.22 bits per heavy atom. The second-order valence-corrected chi connectivity index (χ2v) is 5.76. The number of hydrogen-bond acceptors (Lipinski definition) is 2. The van der Waals surface area contributed by atoms with Gasteiger partial charge in [0.2, 0.25) is 0 Å². The van der Waals surface area contributed by atoms with E-state index in [-0.39, 0.29) is 12.1 Å². The largest absolute Gasteiger partial charge is 0.444 e. The van der Waals surface area contributed by atoms with E-state index in [2.05, 4.69) is 18.2 Å². The molecule has 1 aliphatic carbocycles. The van der Waals surface area contributed by atoms with Crippen molar-refractivity contribution in [3.63, 3.8) is 0 Å². The maximum absolute atomic E-state index is 12.2. The zero-order valence-corrected chi connectivity index (χ0v) is 11.3. The third kappa shape index (κ3) is 3.03. The summed E-state index contributed by atoms with van der Waals surface area (Å²) in [4.78, 5) is 14.0. The first-order valence-electron chi connectivity index (χ1n) is 6.47. The molecule has 0 radical (unpaired) electrons. The molecule has 1 amide bonds. The summed E-state index contributed by atoms with van der Waals surface area (Å²) >= 11 is 0. The van der Waals surface area contributed by atoms with Crippen LogP contribution in [0.15, 0.2) is 36.5 Å². The van der Waals surface area contributed by atoms with Gasteiger partial charge in [-0.15, -0.1) is 0 Å². The predicted molar refractivity (Wildman–Crippen MR) is 72.3 cm³/mol. The fourth-order valence-electron chi connectivity index (χ4n) is 2.27. The van der Waals surface area contributed by atoms with Crippen molar-refractivity contribution in [1.29, 1.82) is 0 Å². The minimum absolute atomic E-state index is 0.111. The molecule has 0 spiro atoms. The van der Waals surface area contributed by atoms with Gasteiger partial charge >= 0.3 is 6.09 Å². The summed E-state index contributed by atoms with van der Waals surface area (Å²) in [7, 11) is 0. The van der Waals surface area contributed by atoms with Crippen molar-refractivity contribution in [2.24, 2.45) is 5.92 Å². The standard InChI is InChI=1S/C15H21NO2/c1-15(2,3)18-14(17)16-11-7-6-9-12-8-4-5-10-13(12)16/h4-8,10,12-13H,9,11H2,1-3H3. The number of nitrogens with zero attached hydrogens (tertiary/aromatic N) is 1. The van der Waals surface area contributed by atoms with E-state index >= 15 is 0 Å². The van der Waals surface area contributed by atoms with Gasteiger partial charge in [-0.2, -0.15) is 0 Å². The van der Waals surface area contributed by atoms with E-state index in [1.54, 1.807) is 4.90 Å². The van der Waals surface area contributed by atoms with Crippen LogP contribution in [0.5, 0.6) is 0 Å². The van der Waals surface area contributed by atoms with Crippen molar-refractivity contribution in [3.8, 4) is 0 Å². The van der Waals surface area contributed by atoms with Crippen LogP contribution >= 0.6 is 0 Å². The van der Waals surface area contributed by atoms with E-state index in [9.17, 15) is 4.79 Å². The van der Waals surface area contributed by atoms with Crippen molar-refractivity contribution >= 4 is 6.09 Å². The number of carbonyl (C=O) groups excluding carboxylic acids is 1. The maximum Gasteiger partial charge on any atom is 0.411 e. The Hall–Kier alpha value is -1.51. The third-order valence-electron chi connectivity index (χ3n) is 3.08. The summed E-state index contributed by atoms with van der Waals surface area (Å²) in [5.41, 5.74) is -0.448. The van der Waals surface area contributed by atoms with Crippen LogP contribution in [0.3, 0.4) is 0 Å². The first kappa shape index (κ1) is 12.9. The second-order valence-electron chi connectivity index (χ2n) is 5.76. The highest BCUT2D eigenvalue weighted by Crippen LogP contribution is 2.26. The lowest BCUT2D eigenvalue weighted by Gasteiger charge is -2.34. The molecule has 2 unspecified atom stereocenters. The van der Waals surface area contributed by atoms with Gasteiger partial charge in [0.15, 0.2) is 0 Å². The highest BCUT2D eigenvalue weighted by molar-refractivity contribution is 5.69. The van der Waals surface area contributed by atoms with Crippen LogP contribution in [-0.2, 0) is 4.74 Å². The molecule has 2 aliphatic rings. The number of ether oxygens (including phenoxy) is 1. The first-order valence-corrected chi connectivity index (χ1v) is 6.47. The number of amides is 1. The van der Waals surface area contributed by atoms with Gasteiger partial charge in [0.25, 0.3) is 0 Å². The van der Waals surface area contributed by atoms with E-state index in [1.807, 2.05) is 39.0 Å². The van der Waals surface area contributed by atoms with Gasteiger partial charge < -0.3 is 4.74 Å². The Bertz CT molecular complexity index is 401. The molecule has 0 N–H and O–H groups in total. The van der Waals surface area contributed by atoms with Gasteiger partial charge in [0.05, 0.1) is 6.04 Å². The normalized spacial score (nSPS) is 26.7. The van der Waals surface area contributed by atoms with Crippen LogP contribution in [0.1, 0.15) is 27.2 Å². The Morgan fingerprint density at radius 2 is 1.94 bits per heavy atom. The molecule has 3 heteroatoms. The lowest BCUT2D eigenvalue weighted by Crippen LogP contribution is -2.45. The van der Waals surface area contributed by atoms with E-state index < -0.39 is 5.60 Å². The van der Waals surface area contributed by atoms with E-state index in [1.165, 1.54) is 0 Å². The summed E-state index contributed by atoms with van der Waals surface area (Å²) in [5.74, 6) is 0.362. The Kier molecular flexibility index (Phi) is 3.60. The minimum atomic E-state index is -0.448. The van der Waals surface area contributed by atoms with E-state index in [4.69, 9.17) is 4.74 Å². The molecule has 0 fully saturated rings. The average molecular weight is 247 g/mol. The summed E-state index contributed by atoms with van der Waals surface area (Å²) < 4.78 is 5.48. The molecular formula is C15H21NO2. The minimum Gasteiger partial charge on any atom is -0.444 e. The molecule has 2 atom stereocenters. The molecule has 0 aromatic rings. The third-order valence-corrected chi connectivity index (χ3v) is 3.08. The van der Waals surface area contributed by atoms with Gasteiger partial charge in [0, 0.05) is 12.5 Å². The number of fused-ring (bicyclic) bond motifs is 1. The zero-order valence-electron chi connectivity index (χ0n) is 11.3. The first-order chi connectivity index (χ1) is 8.47. The molecule has 2 rings (SSSR count). The van der Waals surface area contributed by atoms with Gasteiger partial charge in [-0.1, -0.05) is 36.5 Å². The molecule has 1 aliphatic heterocycles. The summed E-state index contributed by atoms with van der Waals surface area (Å²) in [6.45, 7) is 6.31. The highest BCUT2D eigenvalue weighted by atomic mass is 16.6. The quantitative estimate of drug-likeness (QED) is 0.615. The molecule has 18 heavy (non-hydrogen) atoms. The van der Waals surface area contributed by atoms with Crippen molar-refractivity contribution in [1.82, 2.24) is 4.90 Å². The van der Waals surface area contributed by atoms with Crippen molar-refractivity contribution < 1.29 is 9.53 Å². The zero-order chi connectivity index (χ0) is 13.2. The number of allylic oxidation sites excluding steroid dienone is 3. The van der Waals surface area contributed by atoms with Crippen LogP contribution in [0.4, 0.5) is 4.79 Å². The van der Waals surface area contributed by atoms with Crippen molar-refractivity contribution in [3.05, 3.63) is 36.5 Å². The number of carbonyl (C=O) groups is 1. The molecule has 0 bridgehead atoms. The topological polar surface area (TPSA) is 29.5 Å². The average Bonchev–Trinajstić information content (AvgIpc) is 2.48. The summed E-state index contributed by atoms with van der Waals surface area (Å²) in [5, 5.41) is 0. The summed E-state index contributed by atoms with van der Waals surface area (Å²) in [6, 6.07) is 0.111. The van der Waals surface area contributed by atoms with Crippen LogP contribution < -0.4 is 0 Å². The van der Waals surface area contributed by atoms with E-state index in [0.29, 0.717) is 12.5 Å². The summed E-state index contributed by atoms with van der Waals surface area (Å²) in [6.07, 6.45) is 13.2. The molecule has 3 nitrogen and oxygen atoms in total. The monoisotopic (exact) mass is 247 g/mol. The molecule has 0 aromatic heterocycles. The second kappa shape index (κ2) is 5.01. The SMILES string of the molecule is CC(C)(C)OC(=O)N1CC=CCC2C=CC=CC21. The molecule has 0 saturated carbocycles. The molecular weight excluding hydrogens is 226 g/mol. The fourth-order valence-corrected chi connectivity index (χ4v) is 2.27. The molecule has 0 saturated heterocycles. The van der Waals surface area contributed by atoms with Crippen molar-refractivity contribution in [2.75, 3.05) is 6.54 Å². The Morgan fingerprint density at radius 3 is 2.67 bits per heavy atom. The number of rotatable bonds is 0. The smallest absolute Gasteiger partial charge is 0.411 e. The lowest BCUT2D eigenvalue weighted by molar-refractivity contribution is 0.0199. The fraction of sp³-hybridized carbons (Fsp3) is 0.533. The number of hydrogen-bond donors (Lipinski definition) is 0. The predicted octanol–water partition coefficient (Wildman–Crippen LogP) is 3.29. The van der Waals surface area contributed by atoms with Gasteiger partial charge in [-0.3, -0.25) is 4.90 Å². The van der Waals surface area contributed by atoms with Crippen LogP contribution in [0.2, 0.25) is 0 Å². The van der Waals surface area contributed by atoms with Gasteiger partial charge in [0.1, 0.15) is 5.60 Å². The van der Waals surface area contributed by atoms with Gasteiger partial charge in [-0.05, 0) is 27.2 Å². The Balaban J connectivity index is 2.14. The maximum atomic E-state index is 12.2. The van der Waals surface area contributed by atoms with Gasteiger partial charge in [-0.25, -0.2) is 4.79 Å². The Labute approximate surface area is 109 Å². The lowest BCUT2D eigenvalue weighted by atomic mass is 9.92. The van der Waals surface area contributed by atoms with Crippen LogP contribution in [0.25, 0.3) is 0 Å². The molecule has 98 valence electrons. The highest BCUT2D eigenvalue weighted by Gasteiger charge is 2.31. The van der Waals surface area contributed by atoms with E-state index in [0.717, 1.165) is 6.42 Å². The molecule has 1 heterocycles. The van der Waals surface area contributed by atoms with Crippen LogP contribution in [-0.4, -0.2) is 29.2 Å². The molecule has 0 aromatic carbocycles.